The zero-order chi connectivity index (χ0) is 16.9. The van der Waals surface area contributed by atoms with Crippen LogP contribution in [0.25, 0.3) is 0 Å². The smallest absolute Gasteiger partial charge is 0.409 e. The fourth-order valence-electron chi connectivity index (χ4n) is 2.39. The fourth-order valence-corrected chi connectivity index (χ4v) is 4.75. The van der Waals surface area contributed by atoms with Crippen LogP contribution in [0.5, 0.6) is 0 Å². The lowest BCUT2D eigenvalue weighted by atomic mass is 10.3. The maximum atomic E-state index is 12.2. The highest BCUT2D eigenvalue weighted by molar-refractivity contribution is 7.91. The van der Waals surface area contributed by atoms with Gasteiger partial charge in [-0.3, -0.25) is 4.90 Å². The minimum absolute atomic E-state index is 0.310. The molecule has 1 saturated heterocycles. The van der Waals surface area contributed by atoms with Crippen molar-refractivity contribution in [1.29, 1.82) is 0 Å². The summed E-state index contributed by atoms with van der Waals surface area (Å²) in [5.74, 6) is 0. The number of nitrogens with zero attached hydrogens (tertiary/aromatic N) is 2. The molecule has 0 atom stereocenters. The highest BCUT2D eigenvalue weighted by Gasteiger charge is 2.22. The van der Waals surface area contributed by atoms with Crippen LogP contribution in [-0.4, -0.2) is 70.7 Å². The minimum atomic E-state index is -3.42. The Morgan fingerprint density at radius 3 is 2.57 bits per heavy atom. The fraction of sp³-hybridized carbons (Fsp3) is 0.643. The van der Waals surface area contributed by atoms with E-state index in [1.807, 2.05) is 13.0 Å². The Hall–Kier alpha value is -1.16. The summed E-state index contributed by atoms with van der Waals surface area (Å²) in [5, 5.41) is 0. The molecule has 1 amide bonds. The second-order valence-corrected chi connectivity index (χ2v) is 8.43. The molecule has 0 unspecified atom stereocenters. The van der Waals surface area contributed by atoms with E-state index in [1.165, 1.54) is 18.4 Å². The van der Waals surface area contributed by atoms with Gasteiger partial charge >= 0.3 is 6.09 Å². The van der Waals surface area contributed by atoms with Gasteiger partial charge in [0.1, 0.15) is 4.21 Å². The predicted octanol–water partition coefficient (Wildman–Crippen LogP) is 0.973. The summed E-state index contributed by atoms with van der Waals surface area (Å²) < 4.78 is 32.1. The van der Waals surface area contributed by atoms with E-state index in [1.54, 1.807) is 11.0 Å². The minimum Gasteiger partial charge on any atom is -0.453 e. The number of methoxy groups -OCH3 is 1. The molecule has 0 aliphatic carbocycles. The van der Waals surface area contributed by atoms with E-state index in [2.05, 4.69) is 14.4 Å². The van der Waals surface area contributed by atoms with Crippen LogP contribution in [0.1, 0.15) is 11.8 Å². The number of hydrogen-bond acceptors (Lipinski definition) is 6. The third kappa shape index (κ3) is 4.90. The van der Waals surface area contributed by atoms with Crippen molar-refractivity contribution in [3.8, 4) is 0 Å². The van der Waals surface area contributed by atoms with Crippen molar-refractivity contribution < 1.29 is 17.9 Å². The third-order valence-corrected chi connectivity index (χ3v) is 6.96. The van der Waals surface area contributed by atoms with Gasteiger partial charge in [-0.05, 0) is 18.6 Å². The monoisotopic (exact) mass is 361 g/mol. The van der Waals surface area contributed by atoms with Gasteiger partial charge in [-0.15, -0.1) is 11.3 Å². The largest absolute Gasteiger partial charge is 0.453 e. The molecule has 1 fully saturated rings. The Kier molecular flexibility index (Phi) is 6.40. The van der Waals surface area contributed by atoms with Gasteiger partial charge in [-0.25, -0.2) is 17.9 Å². The molecule has 2 heterocycles. The zero-order valence-corrected chi connectivity index (χ0v) is 15.1. The maximum Gasteiger partial charge on any atom is 0.409 e. The molecule has 1 aliphatic rings. The molecule has 1 aromatic heterocycles. The second kappa shape index (κ2) is 8.09. The van der Waals surface area contributed by atoms with Crippen LogP contribution in [-0.2, 0) is 21.2 Å². The maximum absolute atomic E-state index is 12.2. The van der Waals surface area contributed by atoms with Gasteiger partial charge < -0.3 is 9.64 Å². The molecule has 9 heteroatoms. The number of carbonyl (C=O) groups is 1. The van der Waals surface area contributed by atoms with E-state index in [0.29, 0.717) is 30.4 Å². The number of thiophene rings is 1. The number of nitrogens with one attached hydrogen (secondary N) is 1. The number of hydrogen-bond donors (Lipinski definition) is 1. The number of carbonyl (C=O) groups excluding carboxylic acids is 1. The van der Waals surface area contributed by atoms with E-state index >= 15 is 0 Å². The van der Waals surface area contributed by atoms with Crippen LogP contribution in [0.3, 0.4) is 0 Å². The van der Waals surface area contributed by atoms with E-state index in [4.69, 9.17) is 0 Å². The number of rotatable bonds is 6. The lowest BCUT2D eigenvalue weighted by molar-refractivity contribution is 0.0918. The van der Waals surface area contributed by atoms with E-state index in [9.17, 15) is 13.2 Å². The van der Waals surface area contributed by atoms with E-state index in [0.717, 1.165) is 24.4 Å². The first-order valence-electron chi connectivity index (χ1n) is 7.60. The second-order valence-electron chi connectivity index (χ2n) is 5.27. The van der Waals surface area contributed by atoms with Crippen molar-refractivity contribution in [2.24, 2.45) is 0 Å². The van der Waals surface area contributed by atoms with Crippen LogP contribution < -0.4 is 4.72 Å². The average molecular weight is 361 g/mol. The SMILES string of the molecule is CCc1ccc(S(=O)(=O)NCCN2CCN(C(=O)OC)CC2)s1. The first-order valence-corrected chi connectivity index (χ1v) is 9.90. The molecule has 0 bridgehead atoms. The lowest BCUT2D eigenvalue weighted by Gasteiger charge is -2.33. The highest BCUT2D eigenvalue weighted by Crippen LogP contribution is 2.21. The Labute approximate surface area is 141 Å². The number of sulfonamides is 1. The molecule has 23 heavy (non-hydrogen) atoms. The number of ether oxygens (including phenoxy) is 1. The standard InChI is InChI=1S/C14H23N3O4S2/c1-3-12-4-5-13(22-12)23(19,20)15-6-7-16-8-10-17(11-9-16)14(18)21-2/h4-5,15H,3,6-11H2,1-2H3. The Balaban J connectivity index is 1.76. The van der Waals surface area contributed by atoms with Gasteiger partial charge in [0.05, 0.1) is 7.11 Å². The number of amides is 1. The van der Waals surface area contributed by atoms with Crippen molar-refractivity contribution in [1.82, 2.24) is 14.5 Å². The summed E-state index contributed by atoms with van der Waals surface area (Å²) in [7, 11) is -2.05. The molecular weight excluding hydrogens is 338 g/mol. The van der Waals surface area contributed by atoms with Gasteiger partial charge in [0.2, 0.25) is 10.0 Å². The van der Waals surface area contributed by atoms with Crippen LogP contribution in [0.4, 0.5) is 4.79 Å². The van der Waals surface area contributed by atoms with Gasteiger partial charge in [0.25, 0.3) is 0 Å². The summed E-state index contributed by atoms with van der Waals surface area (Å²) in [5.41, 5.74) is 0. The Bertz CT molecular complexity index is 622. The summed E-state index contributed by atoms with van der Waals surface area (Å²) in [6.45, 7) is 5.63. The summed E-state index contributed by atoms with van der Waals surface area (Å²) in [4.78, 5) is 16.2. The summed E-state index contributed by atoms with van der Waals surface area (Å²) in [6.07, 6.45) is 0.528. The van der Waals surface area contributed by atoms with Gasteiger partial charge in [-0.1, -0.05) is 6.92 Å². The van der Waals surface area contributed by atoms with Crippen LogP contribution in [0, 0.1) is 0 Å². The molecule has 1 N–H and O–H groups in total. The van der Waals surface area contributed by atoms with Crippen molar-refractivity contribution >= 4 is 27.5 Å². The van der Waals surface area contributed by atoms with Crippen LogP contribution >= 0.6 is 11.3 Å². The molecule has 0 radical (unpaired) electrons. The topological polar surface area (TPSA) is 79.0 Å². The summed E-state index contributed by atoms with van der Waals surface area (Å²) >= 11 is 1.31. The number of piperazine rings is 1. The van der Waals surface area contributed by atoms with Crippen molar-refractivity contribution in [2.45, 2.75) is 17.6 Å². The highest BCUT2D eigenvalue weighted by atomic mass is 32.2. The Morgan fingerprint density at radius 1 is 1.30 bits per heavy atom. The lowest BCUT2D eigenvalue weighted by Crippen LogP contribution is -2.50. The van der Waals surface area contributed by atoms with Crippen LogP contribution in [0.15, 0.2) is 16.3 Å². The molecule has 7 nitrogen and oxygen atoms in total. The van der Waals surface area contributed by atoms with Gasteiger partial charge in [0.15, 0.2) is 0 Å². The van der Waals surface area contributed by atoms with Crippen LogP contribution in [0.2, 0.25) is 0 Å². The van der Waals surface area contributed by atoms with E-state index < -0.39 is 10.0 Å². The molecule has 130 valence electrons. The molecule has 0 spiro atoms. The molecule has 0 saturated carbocycles. The predicted molar refractivity (Wildman–Crippen MR) is 89.3 cm³/mol. The van der Waals surface area contributed by atoms with Crippen molar-refractivity contribution in [3.05, 3.63) is 17.0 Å². The molecular formula is C14H23N3O4S2. The first kappa shape index (κ1) is 18.2. The van der Waals surface area contributed by atoms with Crippen molar-refractivity contribution in [2.75, 3.05) is 46.4 Å². The zero-order valence-electron chi connectivity index (χ0n) is 13.4. The molecule has 1 aromatic rings. The molecule has 1 aliphatic heterocycles. The third-order valence-electron chi connectivity index (χ3n) is 3.78. The summed E-state index contributed by atoms with van der Waals surface area (Å²) in [6, 6.07) is 3.51. The van der Waals surface area contributed by atoms with Gasteiger partial charge in [0, 0.05) is 44.1 Å². The quantitative estimate of drug-likeness (QED) is 0.817. The Morgan fingerprint density at radius 2 is 2.00 bits per heavy atom. The molecule has 2 rings (SSSR count). The molecule has 0 aromatic carbocycles. The normalized spacial score (nSPS) is 16.5. The van der Waals surface area contributed by atoms with Gasteiger partial charge in [-0.2, -0.15) is 0 Å². The average Bonchev–Trinajstić information content (AvgIpc) is 3.04. The first-order chi connectivity index (χ1) is 11.0. The van der Waals surface area contributed by atoms with Crippen molar-refractivity contribution in [3.63, 3.8) is 0 Å². The van der Waals surface area contributed by atoms with E-state index in [-0.39, 0.29) is 6.09 Å². The number of aryl methyl sites for hydroxylation is 1.